The molecule has 2 rings (SSSR count). The molecule has 0 saturated carbocycles. The highest BCUT2D eigenvalue weighted by atomic mass is 79.9. The fraction of sp³-hybridized carbons (Fsp3) is 0.300. The normalized spacial score (nSPS) is 15.8. The number of rotatable bonds is 3. The van der Waals surface area contributed by atoms with Crippen LogP contribution in [0.5, 0.6) is 5.75 Å². The van der Waals surface area contributed by atoms with Gasteiger partial charge in [0.2, 0.25) is 0 Å². The zero-order valence-corrected chi connectivity index (χ0v) is 10.3. The van der Waals surface area contributed by atoms with Crippen molar-refractivity contribution in [2.75, 3.05) is 13.2 Å². The smallest absolute Gasteiger partial charge is 0.145 e. The van der Waals surface area contributed by atoms with E-state index in [1.165, 1.54) is 0 Å². The first-order valence-corrected chi connectivity index (χ1v) is 5.70. The van der Waals surface area contributed by atoms with E-state index in [1.54, 1.807) is 0 Å². The topological polar surface area (TPSA) is 44.5 Å². The molecule has 0 atom stereocenters. The minimum atomic E-state index is 0.164. The summed E-state index contributed by atoms with van der Waals surface area (Å²) in [7, 11) is 0. The Morgan fingerprint density at radius 1 is 1.53 bits per heavy atom. The summed E-state index contributed by atoms with van der Waals surface area (Å²) in [6.45, 7) is 1.31. The van der Waals surface area contributed by atoms with Gasteiger partial charge in [0, 0.05) is 5.56 Å². The van der Waals surface area contributed by atoms with E-state index < -0.39 is 0 Å². The van der Waals surface area contributed by atoms with Gasteiger partial charge in [0.05, 0.1) is 17.7 Å². The van der Waals surface area contributed by atoms with Crippen LogP contribution >= 0.6 is 28.1 Å². The van der Waals surface area contributed by atoms with Gasteiger partial charge >= 0.3 is 0 Å². The van der Waals surface area contributed by atoms with E-state index in [9.17, 15) is 0 Å². The van der Waals surface area contributed by atoms with Crippen LogP contribution in [-0.2, 0) is 4.74 Å². The second kappa shape index (κ2) is 4.47. The predicted octanol–water partition coefficient (Wildman–Crippen LogP) is 1.86. The Morgan fingerprint density at radius 2 is 2.27 bits per heavy atom. The SMILES string of the molecule is NC(=S)c1ccc(OC2COC2)c(Br)c1. The second-order valence-corrected chi connectivity index (χ2v) is 4.58. The minimum absolute atomic E-state index is 0.164. The van der Waals surface area contributed by atoms with Gasteiger partial charge in [-0.2, -0.15) is 0 Å². The first-order valence-electron chi connectivity index (χ1n) is 4.50. The minimum Gasteiger partial charge on any atom is -0.484 e. The Kier molecular flexibility index (Phi) is 3.23. The maximum absolute atomic E-state index is 5.66. The van der Waals surface area contributed by atoms with Gasteiger partial charge in [-0.3, -0.25) is 0 Å². The molecule has 0 spiro atoms. The van der Waals surface area contributed by atoms with Crippen LogP contribution in [0.3, 0.4) is 0 Å². The number of hydrogen-bond acceptors (Lipinski definition) is 3. The molecule has 1 heterocycles. The van der Waals surface area contributed by atoms with Gasteiger partial charge < -0.3 is 15.2 Å². The lowest BCUT2D eigenvalue weighted by molar-refractivity contribution is -0.0799. The van der Waals surface area contributed by atoms with Gasteiger partial charge in [0.15, 0.2) is 0 Å². The molecule has 80 valence electrons. The van der Waals surface area contributed by atoms with Crippen molar-refractivity contribution in [1.82, 2.24) is 0 Å². The van der Waals surface area contributed by atoms with Crippen LogP contribution < -0.4 is 10.5 Å². The van der Waals surface area contributed by atoms with E-state index in [4.69, 9.17) is 27.4 Å². The van der Waals surface area contributed by atoms with Crippen LogP contribution in [-0.4, -0.2) is 24.3 Å². The first kappa shape index (κ1) is 10.9. The average molecular weight is 288 g/mol. The average Bonchev–Trinajstić information content (AvgIpc) is 2.12. The fourth-order valence-corrected chi connectivity index (χ4v) is 1.81. The standard InChI is InChI=1S/C10H10BrNO2S/c11-8-3-6(10(12)15)1-2-9(8)14-7-4-13-5-7/h1-3,7H,4-5H2,(H2,12,15). The van der Waals surface area contributed by atoms with Gasteiger partial charge in [0.25, 0.3) is 0 Å². The quantitative estimate of drug-likeness (QED) is 0.862. The number of halogens is 1. The summed E-state index contributed by atoms with van der Waals surface area (Å²) in [5.74, 6) is 0.795. The number of benzene rings is 1. The van der Waals surface area contributed by atoms with Gasteiger partial charge in [-0.1, -0.05) is 12.2 Å². The van der Waals surface area contributed by atoms with Gasteiger partial charge in [-0.05, 0) is 34.1 Å². The molecule has 0 amide bonds. The number of nitrogens with two attached hydrogens (primary N) is 1. The van der Waals surface area contributed by atoms with Crippen molar-refractivity contribution in [2.45, 2.75) is 6.10 Å². The molecule has 3 nitrogen and oxygen atoms in total. The zero-order chi connectivity index (χ0) is 10.8. The maximum atomic E-state index is 5.66. The van der Waals surface area contributed by atoms with Gasteiger partial charge in [0.1, 0.15) is 16.8 Å². The third-order valence-corrected chi connectivity index (χ3v) is 2.97. The Balaban J connectivity index is 2.14. The largest absolute Gasteiger partial charge is 0.484 e. The van der Waals surface area contributed by atoms with Crippen LogP contribution in [0.1, 0.15) is 5.56 Å². The van der Waals surface area contributed by atoms with Crippen molar-refractivity contribution in [3.63, 3.8) is 0 Å². The van der Waals surface area contributed by atoms with Crippen LogP contribution in [0.4, 0.5) is 0 Å². The maximum Gasteiger partial charge on any atom is 0.145 e. The molecule has 5 heteroatoms. The Morgan fingerprint density at radius 3 is 2.73 bits per heavy atom. The molecular weight excluding hydrogens is 278 g/mol. The number of thiocarbonyl (C=S) groups is 1. The summed E-state index contributed by atoms with van der Waals surface area (Å²) in [6.07, 6.45) is 0.164. The molecule has 0 bridgehead atoms. The summed E-state index contributed by atoms with van der Waals surface area (Å²) < 4.78 is 11.5. The van der Waals surface area contributed by atoms with E-state index in [1.807, 2.05) is 18.2 Å². The summed E-state index contributed by atoms with van der Waals surface area (Å²) in [5.41, 5.74) is 6.35. The van der Waals surface area contributed by atoms with Crippen molar-refractivity contribution < 1.29 is 9.47 Å². The Bertz CT molecular complexity index is 393. The molecular formula is C10H10BrNO2S. The van der Waals surface area contributed by atoms with Crippen molar-refractivity contribution in [3.05, 3.63) is 28.2 Å². The Labute approximate surface area is 102 Å². The highest BCUT2D eigenvalue weighted by Crippen LogP contribution is 2.28. The van der Waals surface area contributed by atoms with Crippen molar-refractivity contribution in [3.8, 4) is 5.75 Å². The molecule has 15 heavy (non-hydrogen) atoms. The van der Waals surface area contributed by atoms with Crippen molar-refractivity contribution in [1.29, 1.82) is 0 Å². The molecule has 1 aliphatic heterocycles. The summed E-state index contributed by atoms with van der Waals surface area (Å²) in [6, 6.07) is 5.57. The molecule has 0 unspecified atom stereocenters. The van der Waals surface area contributed by atoms with Crippen LogP contribution in [0, 0.1) is 0 Å². The summed E-state index contributed by atoms with van der Waals surface area (Å²) >= 11 is 8.30. The third kappa shape index (κ3) is 2.48. The monoisotopic (exact) mass is 287 g/mol. The van der Waals surface area contributed by atoms with Crippen LogP contribution in [0.15, 0.2) is 22.7 Å². The second-order valence-electron chi connectivity index (χ2n) is 3.29. The molecule has 1 aromatic rings. The van der Waals surface area contributed by atoms with E-state index in [0.717, 1.165) is 15.8 Å². The summed E-state index contributed by atoms with van der Waals surface area (Å²) in [5, 5.41) is 0. The van der Waals surface area contributed by atoms with Gasteiger partial charge in [-0.25, -0.2) is 0 Å². The lowest BCUT2D eigenvalue weighted by atomic mass is 10.2. The fourth-order valence-electron chi connectivity index (χ4n) is 1.21. The van der Waals surface area contributed by atoms with Gasteiger partial charge in [-0.15, -0.1) is 0 Å². The molecule has 0 aliphatic carbocycles. The van der Waals surface area contributed by atoms with E-state index in [-0.39, 0.29) is 6.10 Å². The third-order valence-electron chi connectivity index (χ3n) is 2.12. The number of ether oxygens (including phenoxy) is 2. The van der Waals surface area contributed by atoms with E-state index >= 15 is 0 Å². The molecule has 1 aliphatic rings. The molecule has 0 radical (unpaired) electrons. The molecule has 0 aromatic heterocycles. The highest BCUT2D eigenvalue weighted by Gasteiger charge is 2.21. The predicted molar refractivity (Wildman–Crippen MR) is 65.3 cm³/mol. The highest BCUT2D eigenvalue weighted by molar-refractivity contribution is 9.10. The lowest BCUT2D eigenvalue weighted by Crippen LogP contribution is -2.38. The lowest BCUT2D eigenvalue weighted by Gasteiger charge is -2.27. The molecule has 2 N–H and O–H groups in total. The summed E-state index contributed by atoms with van der Waals surface area (Å²) in [4.78, 5) is 0.384. The van der Waals surface area contributed by atoms with Crippen LogP contribution in [0.25, 0.3) is 0 Å². The zero-order valence-electron chi connectivity index (χ0n) is 7.90. The number of hydrogen-bond donors (Lipinski definition) is 1. The molecule has 1 aromatic carbocycles. The van der Waals surface area contributed by atoms with E-state index in [2.05, 4.69) is 15.9 Å². The van der Waals surface area contributed by atoms with Crippen molar-refractivity contribution in [2.24, 2.45) is 5.73 Å². The molecule has 1 saturated heterocycles. The molecule has 1 fully saturated rings. The Hall–Kier alpha value is -0.650. The first-order chi connectivity index (χ1) is 7.16. The van der Waals surface area contributed by atoms with Crippen LogP contribution in [0.2, 0.25) is 0 Å². The van der Waals surface area contributed by atoms with Crippen molar-refractivity contribution >= 4 is 33.1 Å². The van der Waals surface area contributed by atoms with E-state index in [0.29, 0.717) is 18.2 Å².